The van der Waals surface area contributed by atoms with Crippen molar-refractivity contribution in [3.8, 4) is 0 Å². The summed E-state index contributed by atoms with van der Waals surface area (Å²) in [5.41, 5.74) is 0. The van der Waals surface area contributed by atoms with Gasteiger partial charge in [0, 0.05) is 24.0 Å². The molecule has 0 bridgehead atoms. The molecule has 1 saturated heterocycles. The summed E-state index contributed by atoms with van der Waals surface area (Å²) in [6, 6.07) is 4.53. The van der Waals surface area contributed by atoms with E-state index in [9.17, 15) is 4.79 Å². The maximum absolute atomic E-state index is 12.2. The van der Waals surface area contributed by atoms with Crippen LogP contribution in [0.4, 0.5) is 0 Å². The van der Waals surface area contributed by atoms with Crippen molar-refractivity contribution in [1.82, 2.24) is 10.2 Å². The smallest absolute Gasteiger partial charge is 0.227 e. The molecule has 1 aromatic rings. The van der Waals surface area contributed by atoms with E-state index in [1.165, 1.54) is 19.3 Å². The van der Waals surface area contributed by atoms with Crippen molar-refractivity contribution < 1.29 is 4.79 Å². The first-order chi connectivity index (χ1) is 8.79. The van der Waals surface area contributed by atoms with Crippen LogP contribution in [0.25, 0.3) is 0 Å². The third-order valence-corrected chi connectivity index (χ3v) is 4.37. The van der Waals surface area contributed by atoms with Crippen molar-refractivity contribution in [2.75, 3.05) is 19.6 Å². The summed E-state index contributed by atoms with van der Waals surface area (Å²) in [6.07, 6.45) is 4.31. The molecule has 1 N–H and O–H groups in total. The summed E-state index contributed by atoms with van der Waals surface area (Å²) in [6.45, 7) is 4.83. The predicted octanol–water partition coefficient (Wildman–Crippen LogP) is 2.28. The van der Waals surface area contributed by atoms with E-state index in [-0.39, 0.29) is 5.91 Å². The van der Waals surface area contributed by atoms with Gasteiger partial charge in [-0.2, -0.15) is 0 Å². The van der Waals surface area contributed by atoms with E-state index in [4.69, 9.17) is 0 Å². The van der Waals surface area contributed by atoms with Gasteiger partial charge < -0.3 is 10.2 Å². The molecule has 1 atom stereocenters. The molecular weight excluding hydrogens is 244 g/mol. The van der Waals surface area contributed by atoms with E-state index < -0.39 is 0 Å². The molecule has 0 aromatic carbocycles. The van der Waals surface area contributed by atoms with E-state index in [0.29, 0.717) is 12.5 Å². The lowest BCUT2D eigenvalue weighted by Gasteiger charge is -2.30. The lowest BCUT2D eigenvalue weighted by atomic mass is 10.0. The molecule has 2 heterocycles. The molecule has 4 heteroatoms. The minimum atomic E-state index is 0.257. The molecule has 0 radical (unpaired) electrons. The Bertz CT molecular complexity index is 358. The van der Waals surface area contributed by atoms with Crippen molar-refractivity contribution in [3.63, 3.8) is 0 Å². The second-order valence-electron chi connectivity index (χ2n) is 4.84. The van der Waals surface area contributed by atoms with Crippen molar-refractivity contribution in [3.05, 3.63) is 22.4 Å². The van der Waals surface area contributed by atoms with Gasteiger partial charge in [0.2, 0.25) is 5.91 Å². The summed E-state index contributed by atoms with van der Waals surface area (Å²) in [7, 11) is 0. The number of likely N-dealkylation sites (N-methyl/N-ethyl adjacent to an activating group) is 1. The molecule has 0 spiro atoms. The number of nitrogens with one attached hydrogen (secondary N) is 1. The topological polar surface area (TPSA) is 32.3 Å². The molecule has 1 aliphatic rings. The first kappa shape index (κ1) is 13.6. The number of rotatable bonds is 5. The molecule has 2 rings (SSSR count). The molecule has 0 aliphatic carbocycles. The van der Waals surface area contributed by atoms with Gasteiger partial charge in [0.1, 0.15) is 0 Å². The zero-order chi connectivity index (χ0) is 12.8. The highest BCUT2D eigenvalue weighted by Crippen LogP contribution is 2.12. The van der Waals surface area contributed by atoms with Crippen molar-refractivity contribution in [2.45, 2.75) is 38.6 Å². The Kier molecular flexibility index (Phi) is 5.20. The third-order valence-electron chi connectivity index (χ3n) is 3.49. The average molecular weight is 266 g/mol. The predicted molar refractivity (Wildman–Crippen MR) is 75.9 cm³/mol. The van der Waals surface area contributed by atoms with Gasteiger partial charge in [0.15, 0.2) is 0 Å². The van der Waals surface area contributed by atoms with E-state index >= 15 is 0 Å². The number of thiophene rings is 1. The number of hydrogen-bond acceptors (Lipinski definition) is 3. The largest absolute Gasteiger partial charge is 0.341 e. The molecule has 1 aliphatic heterocycles. The molecule has 1 aromatic heterocycles. The quantitative estimate of drug-likeness (QED) is 0.887. The van der Waals surface area contributed by atoms with Gasteiger partial charge in [0.25, 0.3) is 0 Å². The molecule has 3 nitrogen and oxygen atoms in total. The van der Waals surface area contributed by atoms with E-state index in [0.717, 1.165) is 24.5 Å². The number of carbonyl (C=O) groups excluding carboxylic acids is 1. The SMILES string of the molecule is CCN(CC1CCCCN1)C(=O)Cc1cccs1. The van der Waals surface area contributed by atoms with E-state index in [2.05, 4.69) is 12.2 Å². The Morgan fingerprint density at radius 2 is 2.44 bits per heavy atom. The van der Waals surface area contributed by atoms with Crippen LogP contribution in [0, 0.1) is 0 Å². The number of piperidine rings is 1. The van der Waals surface area contributed by atoms with Gasteiger partial charge in [0.05, 0.1) is 6.42 Å². The number of nitrogens with zero attached hydrogens (tertiary/aromatic N) is 1. The molecule has 0 saturated carbocycles. The van der Waals surface area contributed by atoms with Gasteiger partial charge in [-0.3, -0.25) is 4.79 Å². The number of hydrogen-bond donors (Lipinski definition) is 1. The fraction of sp³-hybridized carbons (Fsp3) is 0.643. The van der Waals surface area contributed by atoms with E-state index in [1.54, 1.807) is 11.3 Å². The summed E-state index contributed by atoms with van der Waals surface area (Å²) < 4.78 is 0. The molecule has 1 amide bonds. The molecule has 100 valence electrons. The van der Waals surface area contributed by atoms with Crippen molar-refractivity contribution in [2.24, 2.45) is 0 Å². The van der Waals surface area contributed by atoms with Crippen LogP contribution in [0.2, 0.25) is 0 Å². The summed E-state index contributed by atoms with van der Waals surface area (Å²) in [5, 5.41) is 5.54. The second kappa shape index (κ2) is 6.90. The van der Waals surface area contributed by atoms with Gasteiger partial charge in [-0.25, -0.2) is 0 Å². The van der Waals surface area contributed by atoms with Gasteiger partial charge in [-0.05, 0) is 37.8 Å². The Hall–Kier alpha value is -0.870. The highest BCUT2D eigenvalue weighted by molar-refractivity contribution is 7.10. The lowest BCUT2D eigenvalue weighted by Crippen LogP contribution is -2.46. The first-order valence-electron chi connectivity index (χ1n) is 6.83. The fourth-order valence-corrected chi connectivity index (χ4v) is 3.12. The number of carbonyl (C=O) groups is 1. The second-order valence-corrected chi connectivity index (χ2v) is 5.87. The van der Waals surface area contributed by atoms with E-state index in [1.807, 2.05) is 22.4 Å². The Labute approximate surface area is 113 Å². The third kappa shape index (κ3) is 3.82. The maximum Gasteiger partial charge on any atom is 0.227 e. The highest BCUT2D eigenvalue weighted by atomic mass is 32.1. The average Bonchev–Trinajstić information content (AvgIpc) is 2.90. The van der Waals surface area contributed by atoms with Crippen molar-refractivity contribution in [1.29, 1.82) is 0 Å². The minimum Gasteiger partial charge on any atom is -0.341 e. The maximum atomic E-state index is 12.2. The van der Waals surface area contributed by atoms with Gasteiger partial charge in [-0.1, -0.05) is 12.5 Å². The zero-order valence-corrected chi connectivity index (χ0v) is 11.8. The Morgan fingerprint density at radius 1 is 1.56 bits per heavy atom. The molecule has 1 fully saturated rings. The summed E-state index contributed by atoms with van der Waals surface area (Å²) in [5.74, 6) is 0.257. The van der Waals surface area contributed by atoms with Crippen LogP contribution in [0.3, 0.4) is 0 Å². The molecule has 1 unspecified atom stereocenters. The number of amides is 1. The van der Waals surface area contributed by atoms with Crippen LogP contribution in [0.1, 0.15) is 31.1 Å². The Balaban J connectivity index is 1.85. The monoisotopic (exact) mass is 266 g/mol. The van der Waals surface area contributed by atoms with Gasteiger partial charge >= 0.3 is 0 Å². The van der Waals surface area contributed by atoms with Crippen LogP contribution in [-0.4, -0.2) is 36.5 Å². The van der Waals surface area contributed by atoms with Crippen molar-refractivity contribution >= 4 is 17.2 Å². The fourth-order valence-electron chi connectivity index (χ4n) is 2.43. The molecule has 18 heavy (non-hydrogen) atoms. The minimum absolute atomic E-state index is 0.257. The summed E-state index contributed by atoms with van der Waals surface area (Å²) in [4.78, 5) is 15.4. The van der Waals surface area contributed by atoms with Gasteiger partial charge in [-0.15, -0.1) is 11.3 Å². The Morgan fingerprint density at radius 3 is 3.06 bits per heavy atom. The van der Waals surface area contributed by atoms with Crippen LogP contribution in [-0.2, 0) is 11.2 Å². The lowest BCUT2D eigenvalue weighted by molar-refractivity contribution is -0.130. The van der Waals surface area contributed by atoms with Crippen LogP contribution in [0.15, 0.2) is 17.5 Å². The normalized spacial score (nSPS) is 19.7. The zero-order valence-electron chi connectivity index (χ0n) is 11.0. The standard InChI is InChI=1S/C14H22N2OS/c1-2-16(11-12-6-3-4-8-15-12)14(17)10-13-7-5-9-18-13/h5,7,9,12,15H,2-4,6,8,10-11H2,1H3. The summed E-state index contributed by atoms with van der Waals surface area (Å²) >= 11 is 1.66. The van der Waals surface area contributed by atoms with Crippen LogP contribution < -0.4 is 5.32 Å². The highest BCUT2D eigenvalue weighted by Gasteiger charge is 2.19. The first-order valence-corrected chi connectivity index (χ1v) is 7.71. The van der Waals surface area contributed by atoms with Crippen LogP contribution in [0.5, 0.6) is 0 Å². The van der Waals surface area contributed by atoms with Crippen LogP contribution >= 0.6 is 11.3 Å². The molecular formula is C14H22N2OS.